The Kier molecular flexibility index (Phi) is 4.47. The van der Waals surface area contributed by atoms with Crippen LogP contribution in [0.2, 0.25) is 5.02 Å². The van der Waals surface area contributed by atoms with Crippen LogP contribution >= 0.6 is 11.6 Å². The molecule has 0 unspecified atom stereocenters. The van der Waals surface area contributed by atoms with Crippen molar-refractivity contribution in [2.24, 2.45) is 5.92 Å². The highest BCUT2D eigenvalue weighted by atomic mass is 35.5. The maximum Gasteiger partial charge on any atom is 0.258 e. The van der Waals surface area contributed by atoms with Crippen LogP contribution in [0.25, 0.3) is 11.1 Å². The lowest BCUT2D eigenvalue weighted by Gasteiger charge is -2.43. The number of aromatic nitrogens is 2. The average molecular weight is 406 g/mol. The van der Waals surface area contributed by atoms with Crippen LogP contribution in [0.15, 0.2) is 65.7 Å². The zero-order valence-corrected chi connectivity index (χ0v) is 16.5. The molecule has 1 amide bonds. The van der Waals surface area contributed by atoms with Crippen LogP contribution in [0.5, 0.6) is 0 Å². The van der Waals surface area contributed by atoms with Crippen LogP contribution in [-0.2, 0) is 6.54 Å². The fourth-order valence-electron chi connectivity index (χ4n) is 4.64. The minimum atomic E-state index is 0.0356. The number of fused-ring (bicyclic) bond motifs is 4. The Morgan fingerprint density at radius 1 is 0.966 bits per heavy atom. The van der Waals surface area contributed by atoms with E-state index in [-0.39, 0.29) is 23.3 Å². The van der Waals surface area contributed by atoms with E-state index in [0.717, 1.165) is 17.7 Å². The van der Waals surface area contributed by atoms with Crippen molar-refractivity contribution in [2.75, 3.05) is 13.1 Å². The van der Waals surface area contributed by atoms with Crippen LogP contribution in [0.3, 0.4) is 0 Å². The van der Waals surface area contributed by atoms with E-state index >= 15 is 0 Å². The normalized spacial score (nSPS) is 20.2. The molecule has 0 spiro atoms. The Balaban J connectivity index is 1.46. The van der Waals surface area contributed by atoms with Crippen molar-refractivity contribution < 1.29 is 4.79 Å². The average Bonchev–Trinajstić information content (AvgIpc) is 2.75. The maximum atomic E-state index is 13.2. The summed E-state index contributed by atoms with van der Waals surface area (Å²) in [5, 5.41) is 0.653. The number of carbonyl (C=O) groups excluding carboxylic acids is 1. The number of nitrogens with zero attached hydrogens (tertiary/aromatic N) is 3. The highest BCUT2D eigenvalue weighted by Gasteiger charge is 2.36. The second-order valence-electron chi connectivity index (χ2n) is 7.84. The van der Waals surface area contributed by atoms with Crippen LogP contribution in [0, 0.1) is 5.92 Å². The molecule has 1 saturated heterocycles. The van der Waals surface area contributed by atoms with Gasteiger partial charge in [0, 0.05) is 59.8 Å². The highest BCUT2D eigenvalue weighted by Crippen LogP contribution is 2.36. The first kappa shape index (κ1) is 18.1. The lowest BCUT2D eigenvalue weighted by atomic mass is 9.82. The van der Waals surface area contributed by atoms with E-state index in [4.69, 9.17) is 11.6 Å². The van der Waals surface area contributed by atoms with Crippen LogP contribution in [0.1, 0.15) is 28.4 Å². The molecule has 0 N–H and O–H groups in total. The Morgan fingerprint density at radius 3 is 2.48 bits per heavy atom. The number of carbonyl (C=O) groups is 1. The van der Waals surface area contributed by atoms with E-state index in [9.17, 15) is 9.59 Å². The summed E-state index contributed by atoms with van der Waals surface area (Å²) in [7, 11) is 0. The molecule has 146 valence electrons. The number of likely N-dealkylation sites (tertiary alicyclic amines) is 1. The first-order chi connectivity index (χ1) is 14.1. The van der Waals surface area contributed by atoms with Gasteiger partial charge in [0.25, 0.3) is 11.5 Å². The van der Waals surface area contributed by atoms with Gasteiger partial charge in [-0.05, 0) is 54.3 Å². The van der Waals surface area contributed by atoms with Gasteiger partial charge >= 0.3 is 0 Å². The molecule has 0 saturated carbocycles. The monoisotopic (exact) mass is 405 g/mol. The number of piperidine rings is 1. The molecule has 2 aliphatic heterocycles. The summed E-state index contributed by atoms with van der Waals surface area (Å²) < 4.78 is 1.91. The molecule has 1 aromatic carbocycles. The molecule has 0 radical (unpaired) electrons. The SMILES string of the molecule is O=C(c1ccncc1)N1C[C@@H]2C[C@H](C1)c1ccc(-c3ccc(Cl)cc3)c(=O)n1C2. The van der Waals surface area contributed by atoms with E-state index in [1.54, 1.807) is 36.7 Å². The van der Waals surface area contributed by atoms with Crippen molar-refractivity contribution in [2.45, 2.75) is 18.9 Å². The molecule has 6 heteroatoms. The third-order valence-corrected chi connectivity index (χ3v) is 6.23. The summed E-state index contributed by atoms with van der Waals surface area (Å²) in [6.45, 7) is 1.96. The van der Waals surface area contributed by atoms with Crippen molar-refractivity contribution in [1.29, 1.82) is 0 Å². The molecule has 2 bridgehead atoms. The third-order valence-electron chi connectivity index (χ3n) is 5.97. The van der Waals surface area contributed by atoms with E-state index in [1.165, 1.54) is 0 Å². The topological polar surface area (TPSA) is 55.2 Å². The zero-order chi connectivity index (χ0) is 20.0. The van der Waals surface area contributed by atoms with Gasteiger partial charge in [-0.2, -0.15) is 0 Å². The number of amides is 1. The Bertz CT molecular complexity index is 1130. The highest BCUT2D eigenvalue weighted by molar-refractivity contribution is 6.30. The Labute approximate surface area is 173 Å². The summed E-state index contributed by atoms with van der Waals surface area (Å²) in [5.41, 5.74) is 3.29. The smallest absolute Gasteiger partial charge is 0.258 e. The predicted octanol–water partition coefficient (Wildman–Crippen LogP) is 3.82. The molecule has 5 nitrogen and oxygen atoms in total. The first-order valence-corrected chi connectivity index (χ1v) is 10.2. The Morgan fingerprint density at radius 2 is 1.72 bits per heavy atom. The predicted molar refractivity (Wildman–Crippen MR) is 112 cm³/mol. The van der Waals surface area contributed by atoms with E-state index < -0.39 is 0 Å². The van der Waals surface area contributed by atoms with Crippen LogP contribution in [-0.4, -0.2) is 33.4 Å². The lowest BCUT2D eigenvalue weighted by molar-refractivity contribution is 0.0594. The fraction of sp³-hybridized carbons (Fsp3) is 0.261. The van der Waals surface area contributed by atoms with Gasteiger partial charge in [0.1, 0.15) is 0 Å². The number of rotatable bonds is 2. The molecular weight excluding hydrogens is 386 g/mol. The second-order valence-corrected chi connectivity index (χ2v) is 8.28. The maximum absolute atomic E-state index is 13.2. The molecule has 3 aromatic rings. The molecule has 2 aromatic heterocycles. The van der Waals surface area contributed by atoms with Crippen molar-refractivity contribution in [3.8, 4) is 11.1 Å². The van der Waals surface area contributed by atoms with E-state index in [1.807, 2.05) is 33.7 Å². The summed E-state index contributed by atoms with van der Waals surface area (Å²) in [4.78, 5) is 32.0. The number of halogens is 1. The summed E-state index contributed by atoms with van der Waals surface area (Å²) in [6, 6.07) is 14.8. The largest absolute Gasteiger partial charge is 0.338 e. The van der Waals surface area contributed by atoms with Gasteiger partial charge in [0.2, 0.25) is 0 Å². The van der Waals surface area contributed by atoms with Crippen LogP contribution in [0.4, 0.5) is 0 Å². The zero-order valence-electron chi connectivity index (χ0n) is 15.8. The molecule has 2 aliphatic rings. The molecule has 2 atom stereocenters. The van der Waals surface area contributed by atoms with Crippen molar-refractivity contribution in [1.82, 2.24) is 14.5 Å². The molecule has 4 heterocycles. The van der Waals surface area contributed by atoms with Crippen molar-refractivity contribution in [3.05, 3.63) is 87.6 Å². The number of pyridine rings is 2. The van der Waals surface area contributed by atoms with Gasteiger partial charge in [-0.25, -0.2) is 0 Å². The fourth-order valence-corrected chi connectivity index (χ4v) is 4.76. The molecule has 0 aliphatic carbocycles. The van der Waals surface area contributed by atoms with E-state index in [0.29, 0.717) is 35.8 Å². The molecule has 5 rings (SSSR count). The first-order valence-electron chi connectivity index (χ1n) is 9.79. The Hall–Kier alpha value is -2.92. The van der Waals surface area contributed by atoms with E-state index in [2.05, 4.69) is 4.98 Å². The second kappa shape index (κ2) is 7.16. The van der Waals surface area contributed by atoms with Crippen LogP contribution < -0.4 is 5.56 Å². The molecule has 29 heavy (non-hydrogen) atoms. The van der Waals surface area contributed by atoms with Gasteiger partial charge in [-0.15, -0.1) is 0 Å². The van der Waals surface area contributed by atoms with Crippen molar-refractivity contribution >= 4 is 17.5 Å². The molecule has 1 fully saturated rings. The van der Waals surface area contributed by atoms with Gasteiger partial charge < -0.3 is 9.47 Å². The number of benzene rings is 1. The summed E-state index contributed by atoms with van der Waals surface area (Å²) in [5.74, 6) is 0.501. The van der Waals surface area contributed by atoms with Crippen molar-refractivity contribution in [3.63, 3.8) is 0 Å². The third kappa shape index (κ3) is 3.25. The van der Waals surface area contributed by atoms with Gasteiger partial charge in [0.05, 0.1) is 0 Å². The lowest BCUT2D eigenvalue weighted by Crippen LogP contribution is -2.49. The minimum absolute atomic E-state index is 0.0356. The number of hydrogen-bond donors (Lipinski definition) is 0. The minimum Gasteiger partial charge on any atom is -0.338 e. The number of hydrogen-bond acceptors (Lipinski definition) is 3. The van der Waals surface area contributed by atoms with Gasteiger partial charge in [-0.3, -0.25) is 14.6 Å². The quantitative estimate of drug-likeness (QED) is 0.651. The standard InChI is InChI=1S/C23H20ClN3O2/c24-19-3-1-16(2-4-19)20-5-6-21-18-11-15(13-27(21)23(20)29)12-26(14-18)22(28)17-7-9-25-10-8-17/h1-10,15,18H,11-14H2/t15-,18+/m0/s1. The summed E-state index contributed by atoms with van der Waals surface area (Å²) >= 11 is 5.98. The summed E-state index contributed by atoms with van der Waals surface area (Å²) in [6.07, 6.45) is 4.30. The van der Waals surface area contributed by atoms with Gasteiger partial charge in [0.15, 0.2) is 0 Å². The molecular formula is C23H20ClN3O2. The van der Waals surface area contributed by atoms with Gasteiger partial charge in [-0.1, -0.05) is 23.7 Å².